The molecular formula is C15H22FN. The largest absolute Gasteiger partial charge is 0.310 e. The van der Waals surface area contributed by atoms with E-state index in [2.05, 4.69) is 19.2 Å². The van der Waals surface area contributed by atoms with Crippen LogP contribution in [0.1, 0.15) is 37.8 Å². The van der Waals surface area contributed by atoms with Crippen LogP contribution in [0.4, 0.5) is 4.39 Å². The summed E-state index contributed by atoms with van der Waals surface area (Å²) >= 11 is 0. The van der Waals surface area contributed by atoms with E-state index in [0.717, 1.165) is 17.0 Å². The molecule has 0 spiro atoms. The van der Waals surface area contributed by atoms with E-state index in [1.165, 1.54) is 12.8 Å². The van der Waals surface area contributed by atoms with Gasteiger partial charge in [-0.3, -0.25) is 0 Å². The van der Waals surface area contributed by atoms with Gasteiger partial charge in [0.05, 0.1) is 0 Å². The molecule has 0 heterocycles. The maximum absolute atomic E-state index is 13.6. The summed E-state index contributed by atoms with van der Waals surface area (Å²) in [6.07, 6.45) is 2.50. The molecule has 3 atom stereocenters. The van der Waals surface area contributed by atoms with Crippen molar-refractivity contribution in [2.75, 3.05) is 0 Å². The van der Waals surface area contributed by atoms with E-state index in [-0.39, 0.29) is 5.82 Å². The number of aryl methyl sites for hydroxylation is 1. The summed E-state index contributed by atoms with van der Waals surface area (Å²) in [6.45, 7) is 7.25. The van der Waals surface area contributed by atoms with Crippen LogP contribution < -0.4 is 5.32 Å². The van der Waals surface area contributed by atoms with E-state index in [0.29, 0.717) is 18.5 Å². The highest BCUT2D eigenvalue weighted by Gasteiger charge is 2.29. The van der Waals surface area contributed by atoms with Gasteiger partial charge in [-0.05, 0) is 37.7 Å². The lowest BCUT2D eigenvalue weighted by Gasteiger charge is -2.20. The molecule has 0 amide bonds. The summed E-state index contributed by atoms with van der Waals surface area (Å²) in [7, 11) is 0. The molecule has 2 rings (SSSR count). The van der Waals surface area contributed by atoms with Crippen LogP contribution in [-0.2, 0) is 6.54 Å². The second-order valence-corrected chi connectivity index (χ2v) is 5.50. The number of hydrogen-bond donors (Lipinski definition) is 1. The van der Waals surface area contributed by atoms with E-state index in [9.17, 15) is 4.39 Å². The van der Waals surface area contributed by atoms with Gasteiger partial charge in [0, 0.05) is 18.2 Å². The number of rotatable bonds is 3. The second-order valence-electron chi connectivity index (χ2n) is 5.50. The van der Waals surface area contributed by atoms with Crippen LogP contribution in [0, 0.1) is 24.6 Å². The smallest absolute Gasteiger partial charge is 0.127 e. The summed E-state index contributed by atoms with van der Waals surface area (Å²) in [5.74, 6) is 1.39. The molecule has 0 aliphatic heterocycles. The zero-order valence-electron chi connectivity index (χ0n) is 11.0. The van der Waals surface area contributed by atoms with Gasteiger partial charge in [-0.25, -0.2) is 4.39 Å². The molecule has 1 saturated carbocycles. The van der Waals surface area contributed by atoms with Crippen molar-refractivity contribution in [1.29, 1.82) is 0 Å². The average molecular weight is 235 g/mol. The summed E-state index contributed by atoms with van der Waals surface area (Å²) in [4.78, 5) is 0. The van der Waals surface area contributed by atoms with Crippen LogP contribution >= 0.6 is 0 Å². The first-order valence-corrected chi connectivity index (χ1v) is 6.56. The van der Waals surface area contributed by atoms with Gasteiger partial charge in [0.1, 0.15) is 5.82 Å². The fourth-order valence-corrected chi connectivity index (χ4v) is 2.73. The minimum atomic E-state index is -0.0956. The van der Waals surface area contributed by atoms with Crippen molar-refractivity contribution in [1.82, 2.24) is 5.32 Å². The van der Waals surface area contributed by atoms with E-state index < -0.39 is 0 Å². The fourth-order valence-electron chi connectivity index (χ4n) is 2.73. The van der Waals surface area contributed by atoms with Crippen molar-refractivity contribution in [3.63, 3.8) is 0 Å². The molecule has 2 heteroatoms. The first-order chi connectivity index (χ1) is 8.08. The molecule has 0 saturated heterocycles. The number of benzene rings is 1. The van der Waals surface area contributed by atoms with Gasteiger partial charge in [0.15, 0.2) is 0 Å². The predicted molar refractivity (Wildman–Crippen MR) is 69.3 cm³/mol. The molecule has 1 aromatic rings. The fraction of sp³-hybridized carbons (Fsp3) is 0.600. The Hall–Kier alpha value is -0.890. The van der Waals surface area contributed by atoms with Crippen molar-refractivity contribution < 1.29 is 4.39 Å². The minimum Gasteiger partial charge on any atom is -0.310 e. The summed E-state index contributed by atoms with van der Waals surface area (Å²) in [6, 6.07) is 5.86. The number of nitrogens with one attached hydrogen (secondary N) is 1. The van der Waals surface area contributed by atoms with Crippen molar-refractivity contribution >= 4 is 0 Å². The lowest BCUT2D eigenvalue weighted by Crippen LogP contribution is -2.32. The Labute approximate surface area is 103 Å². The van der Waals surface area contributed by atoms with Crippen molar-refractivity contribution in [3.8, 4) is 0 Å². The molecule has 1 aliphatic carbocycles. The second kappa shape index (κ2) is 5.18. The van der Waals surface area contributed by atoms with Crippen LogP contribution in [0.25, 0.3) is 0 Å². The normalized spacial score (nSPS) is 28.6. The monoisotopic (exact) mass is 235 g/mol. The summed E-state index contributed by atoms with van der Waals surface area (Å²) in [5, 5.41) is 3.51. The third-order valence-electron chi connectivity index (χ3n) is 4.22. The van der Waals surface area contributed by atoms with Crippen LogP contribution in [0.2, 0.25) is 0 Å². The lowest BCUT2D eigenvalue weighted by atomic mass is 9.97. The topological polar surface area (TPSA) is 12.0 Å². The van der Waals surface area contributed by atoms with Gasteiger partial charge in [-0.15, -0.1) is 0 Å². The van der Waals surface area contributed by atoms with Gasteiger partial charge in [-0.1, -0.05) is 31.5 Å². The Bertz CT molecular complexity index is 389. The highest BCUT2D eigenvalue weighted by atomic mass is 19.1. The quantitative estimate of drug-likeness (QED) is 0.843. The van der Waals surface area contributed by atoms with Gasteiger partial charge in [-0.2, -0.15) is 0 Å². The standard InChI is InChI=1S/C15H22FN/c1-10-4-6-14(16)13(8-10)9-17-15-7-5-11(2)12(15)3/h4,6,8,11-12,15,17H,5,7,9H2,1-3H3. The molecule has 0 bridgehead atoms. The third kappa shape index (κ3) is 2.86. The molecular weight excluding hydrogens is 213 g/mol. The van der Waals surface area contributed by atoms with Gasteiger partial charge >= 0.3 is 0 Å². The molecule has 3 unspecified atom stereocenters. The van der Waals surface area contributed by atoms with Crippen molar-refractivity contribution in [3.05, 3.63) is 35.1 Å². The number of halogens is 1. The van der Waals surface area contributed by atoms with Crippen LogP contribution in [-0.4, -0.2) is 6.04 Å². The molecule has 1 aromatic carbocycles. The van der Waals surface area contributed by atoms with Crippen molar-refractivity contribution in [2.24, 2.45) is 11.8 Å². The zero-order valence-corrected chi connectivity index (χ0v) is 11.0. The lowest BCUT2D eigenvalue weighted by molar-refractivity contribution is 0.368. The molecule has 1 aliphatic rings. The predicted octanol–water partition coefficient (Wildman–Crippen LogP) is 3.66. The van der Waals surface area contributed by atoms with E-state index in [1.54, 1.807) is 6.07 Å². The van der Waals surface area contributed by atoms with Crippen molar-refractivity contribution in [2.45, 2.75) is 46.2 Å². The summed E-state index contributed by atoms with van der Waals surface area (Å²) < 4.78 is 13.6. The average Bonchev–Trinajstić information content (AvgIpc) is 2.62. The molecule has 1 nitrogen and oxygen atoms in total. The SMILES string of the molecule is Cc1ccc(F)c(CNC2CCC(C)C2C)c1. The summed E-state index contributed by atoms with van der Waals surface area (Å²) in [5.41, 5.74) is 1.91. The molecule has 1 N–H and O–H groups in total. The van der Waals surface area contributed by atoms with Crippen LogP contribution in [0.3, 0.4) is 0 Å². The zero-order chi connectivity index (χ0) is 12.4. The maximum atomic E-state index is 13.6. The Morgan fingerprint density at radius 3 is 2.71 bits per heavy atom. The van der Waals surface area contributed by atoms with Crippen LogP contribution in [0.15, 0.2) is 18.2 Å². The molecule has 0 aromatic heterocycles. The Morgan fingerprint density at radius 1 is 1.29 bits per heavy atom. The van der Waals surface area contributed by atoms with E-state index in [1.807, 2.05) is 19.1 Å². The minimum absolute atomic E-state index is 0.0956. The van der Waals surface area contributed by atoms with Gasteiger partial charge in [0.2, 0.25) is 0 Å². The highest BCUT2D eigenvalue weighted by Crippen LogP contribution is 2.31. The van der Waals surface area contributed by atoms with Gasteiger partial charge < -0.3 is 5.32 Å². The number of hydrogen-bond acceptors (Lipinski definition) is 1. The first kappa shape index (κ1) is 12.6. The molecule has 1 fully saturated rings. The van der Waals surface area contributed by atoms with Crippen LogP contribution in [0.5, 0.6) is 0 Å². The van der Waals surface area contributed by atoms with E-state index >= 15 is 0 Å². The Balaban J connectivity index is 1.96. The highest BCUT2D eigenvalue weighted by molar-refractivity contribution is 5.24. The molecule has 0 radical (unpaired) electrons. The Morgan fingerprint density at radius 2 is 2.06 bits per heavy atom. The molecule has 94 valence electrons. The Kier molecular flexibility index (Phi) is 3.82. The van der Waals surface area contributed by atoms with Gasteiger partial charge in [0.25, 0.3) is 0 Å². The maximum Gasteiger partial charge on any atom is 0.127 e. The molecule has 17 heavy (non-hydrogen) atoms. The third-order valence-corrected chi connectivity index (χ3v) is 4.22. The van der Waals surface area contributed by atoms with E-state index in [4.69, 9.17) is 0 Å². The first-order valence-electron chi connectivity index (χ1n) is 6.56.